The number of para-hydroxylation sites is 2. The number of anilines is 2. The van der Waals surface area contributed by atoms with Crippen LogP contribution in [0.25, 0.3) is 0 Å². The van der Waals surface area contributed by atoms with Crippen molar-refractivity contribution in [1.82, 2.24) is 19.8 Å². The van der Waals surface area contributed by atoms with Gasteiger partial charge in [-0.05, 0) is 56.3 Å². The van der Waals surface area contributed by atoms with Crippen LogP contribution in [0, 0.1) is 0 Å². The van der Waals surface area contributed by atoms with E-state index >= 15 is 0 Å². The summed E-state index contributed by atoms with van der Waals surface area (Å²) in [6, 6.07) is 23.6. The second-order valence-electron chi connectivity index (χ2n) is 9.91. The van der Waals surface area contributed by atoms with E-state index in [2.05, 4.69) is 91.3 Å². The van der Waals surface area contributed by atoms with Crippen LogP contribution in [-0.4, -0.2) is 96.7 Å². The molecule has 0 amide bonds. The van der Waals surface area contributed by atoms with Crippen LogP contribution in [0.1, 0.15) is 12.8 Å². The number of piperazine rings is 2. The lowest BCUT2D eigenvalue weighted by Crippen LogP contribution is -2.46. The molecule has 2 saturated heterocycles. The Kier molecular flexibility index (Phi) is 10.6. The zero-order valence-electron chi connectivity index (χ0n) is 22.3. The van der Waals surface area contributed by atoms with E-state index in [-0.39, 0.29) is 0 Å². The maximum absolute atomic E-state index is 4.80. The fourth-order valence-electron chi connectivity index (χ4n) is 5.13. The third-order valence-corrected chi connectivity index (χ3v) is 9.28. The number of nitrogens with zero attached hydrogens (tertiary/aromatic N) is 6. The van der Waals surface area contributed by atoms with Gasteiger partial charge >= 0.3 is 0 Å². The minimum atomic E-state index is 0.918. The molecule has 38 heavy (non-hydrogen) atoms. The number of hydrogen-bond acceptors (Lipinski definition) is 8. The average Bonchev–Trinajstić information content (AvgIpc) is 2.99. The van der Waals surface area contributed by atoms with Crippen molar-refractivity contribution in [2.45, 2.75) is 23.0 Å². The molecule has 0 N–H and O–H groups in total. The summed E-state index contributed by atoms with van der Waals surface area (Å²) in [7, 11) is 0. The van der Waals surface area contributed by atoms with Crippen LogP contribution < -0.4 is 9.80 Å². The lowest BCUT2D eigenvalue weighted by molar-refractivity contribution is 0.259. The topological polar surface area (TPSA) is 38.7 Å². The zero-order valence-corrected chi connectivity index (χ0v) is 24.0. The first-order chi connectivity index (χ1) is 18.8. The molecule has 6 nitrogen and oxygen atoms in total. The van der Waals surface area contributed by atoms with E-state index in [1.807, 2.05) is 18.0 Å². The number of benzene rings is 2. The molecule has 0 bridgehead atoms. The maximum Gasteiger partial charge on any atom is 0.188 e. The first-order valence-corrected chi connectivity index (χ1v) is 15.9. The van der Waals surface area contributed by atoms with Gasteiger partial charge in [0.25, 0.3) is 0 Å². The van der Waals surface area contributed by atoms with Crippen LogP contribution in [0.4, 0.5) is 11.4 Å². The summed E-state index contributed by atoms with van der Waals surface area (Å²) < 4.78 is 0. The Morgan fingerprint density at radius 2 is 1.08 bits per heavy atom. The molecule has 2 fully saturated rings. The summed E-state index contributed by atoms with van der Waals surface area (Å²) in [5.74, 6) is 2.18. The fourth-order valence-corrected chi connectivity index (χ4v) is 6.73. The van der Waals surface area contributed by atoms with Gasteiger partial charge in [-0.2, -0.15) is 0 Å². The van der Waals surface area contributed by atoms with Gasteiger partial charge in [0.15, 0.2) is 5.16 Å². The number of aromatic nitrogens is 2. The summed E-state index contributed by atoms with van der Waals surface area (Å²) in [5, 5.41) is 2.02. The SMILES string of the molecule is c1ccc(N2CCN(CCCSc3ccnc(SCCCN4CCN(c5ccccc5)CC4)n3)CC2)cc1. The summed E-state index contributed by atoms with van der Waals surface area (Å²) >= 11 is 3.66. The normalized spacial score (nSPS) is 17.2. The highest BCUT2D eigenvalue weighted by Gasteiger charge is 2.17. The molecule has 3 aromatic rings. The molecule has 0 radical (unpaired) electrons. The molecule has 2 aliphatic heterocycles. The van der Waals surface area contributed by atoms with E-state index in [1.165, 1.54) is 30.8 Å². The molecule has 0 spiro atoms. The van der Waals surface area contributed by atoms with Crippen molar-refractivity contribution in [2.75, 3.05) is 86.8 Å². The van der Waals surface area contributed by atoms with E-state index < -0.39 is 0 Å². The largest absolute Gasteiger partial charge is 0.369 e. The average molecular weight is 549 g/mol. The Morgan fingerprint density at radius 3 is 1.61 bits per heavy atom. The molecule has 3 heterocycles. The van der Waals surface area contributed by atoms with Crippen molar-refractivity contribution in [2.24, 2.45) is 0 Å². The Bertz CT molecular complexity index is 988. The molecule has 0 aliphatic carbocycles. The second kappa shape index (κ2) is 14.8. The van der Waals surface area contributed by atoms with E-state index in [0.29, 0.717) is 0 Å². The van der Waals surface area contributed by atoms with Gasteiger partial charge in [-0.15, -0.1) is 11.8 Å². The Hall–Kier alpha value is -2.26. The van der Waals surface area contributed by atoms with Crippen molar-refractivity contribution < 1.29 is 0 Å². The quantitative estimate of drug-likeness (QED) is 0.134. The van der Waals surface area contributed by atoms with Gasteiger partial charge < -0.3 is 9.80 Å². The lowest BCUT2D eigenvalue weighted by Gasteiger charge is -2.36. The molecular weight excluding hydrogens is 509 g/mol. The van der Waals surface area contributed by atoms with Crippen LogP contribution in [0.3, 0.4) is 0 Å². The van der Waals surface area contributed by atoms with Gasteiger partial charge in [0, 0.05) is 81.4 Å². The van der Waals surface area contributed by atoms with Crippen LogP contribution in [0.2, 0.25) is 0 Å². The lowest BCUT2D eigenvalue weighted by atomic mass is 10.2. The number of hydrogen-bond donors (Lipinski definition) is 0. The molecule has 2 aromatic carbocycles. The highest BCUT2D eigenvalue weighted by Crippen LogP contribution is 2.22. The van der Waals surface area contributed by atoms with Crippen molar-refractivity contribution in [3.05, 3.63) is 72.9 Å². The molecule has 1 aromatic heterocycles. The summed E-state index contributed by atoms with van der Waals surface area (Å²) in [4.78, 5) is 19.5. The van der Waals surface area contributed by atoms with Gasteiger partial charge in [-0.25, -0.2) is 9.97 Å². The van der Waals surface area contributed by atoms with Gasteiger partial charge in [0.1, 0.15) is 5.03 Å². The van der Waals surface area contributed by atoms with E-state index in [9.17, 15) is 0 Å². The van der Waals surface area contributed by atoms with Crippen LogP contribution in [-0.2, 0) is 0 Å². The number of thioether (sulfide) groups is 2. The Labute approximate surface area is 236 Å². The number of rotatable bonds is 12. The summed E-state index contributed by atoms with van der Waals surface area (Å²) in [6.45, 7) is 11.4. The third kappa shape index (κ3) is 8.37. The predicted molar refractivity (Wildman–Crippen MR) is 163 cm³/mol. The highest BCUT2D eigenvalue weighted by atomic mass is 32.2. The molecule has 0 saturated carbocycles. The van der Waals surface area contributed by atoms with E-state index in [0.717, 1.165) is 80.6 Å². The minimum Gasteiger partial charge on any atom is -0.369 e. The van der Waals surface area contributed by atoms with E-state index in [1.54, 1.807) is 11.8 Å². The van der Waals surface area contributed by atoms with Gasteiger partial charge in [0.2, 0.25) is 0 Å². The predicted octanol–water partition coefficient (Wildman–Crippen LogP) is 5.09. The molecule has 202 valence electrons. The van der Waals surface area contributed by atoms with Crippen molar-refractivity contribution in [3.8, 4) is 0 Å². The smallest absolute Gasteiger partial charge is 0.188 e. The molecule has 5 rings (SSSR count). The van der Waals surface area contributed by atoms with Crippen LogP contribution >= 0.6 is 23.5 Å². The first kappa shape index (κ1) is 27.3. The standard InChI is InChI=1S/C30H40N6S2/c1-3-9-27(10-4-1)35-21-17-33(18-22-35)15-7-25-37-29-13-14-31-30(32-29)38-26-8-16-34-19-23-36(24-20-34)28-11-5-2-6-12-28/h1-6,9-14H,7-8,15-26H2. The van der Waals surface area contributed by atoms with Crippen LogP contribution in [0.15, 0.2) is 83.1 Å². The molecule has 0 atom stereocenters. The zero-order chi connectivity index (χ0) is 25.8. The molecular formula is C30H40N6S2. The summed E-state index contributed by atoms with van der Waals surface area (Å²) in [5.41, 5.74) is 2.70. The van der Waals surface area contributed by atoms with Gasteiger partial charge in [0.05, 0.1) is 0 Å². The van der Waals surface area contributed by atoms with Crippen molar-refractivity contribution >= 4 is 34.9 Å². The highest BCUT2D eigenvalue weighted by molar-refractivity contribution is 7.99. The first-order valence-electron chi connectivity index (χ1n) is 14.0. The maximum atomic E-state index is 4.80. The van der Waals surface area contributed by atoms with Gasteiger partial charge in [-0.3, -0.25) is 9.80 Å². The fraction of sp³-hybridized carbons (Fsp3) is 0.467. The molecule has 0 unspecified atom stereocenters. The third-order valence-electron chi connectivity index (χ3n) is 7.31. The molecule has 2 aliphatic rings. The molecule has 8 heteroatoms. The summed E-state index contributed by atoms with van der Waals surface area (Å²) in [6.07, 6.45) is 4.29. The van der Waals surface area contributed by atoms with Crippen molar-refractivity contribution in [1.29, 1.82) is 0 Å². The van der Waals surface area contributed by atoms with E-state index in [4.69, 9.17) is 4.98 Å². The monoisotopic (exact) mass is 548 g/mol. The Morgan fingerprint density at radius 1 is 0.579 bits per heavy atom. The second-order valence-corrected chi connectivity index (χ2v) is 12.1. The van der Waals surface area contributed by atoms with Gasteiger partial charge in [-0.1, -0.05) is 48.2 Å². The van der Waals surface area contributed by atoms with Crippen LogP contribution in [0.5, 0.6) is 0 Å². The minimum absolute atomic E-state index is 0.918. The Balaban J connectivity index is 0.929. The van der Waals surface area contributed by atoms with Crippen molar-refractivity contribution in [3.63, 3.8) is 0 Å².